The molecule has 0 saturated carbocycles. The minimum atomic E-state index is -0.256. The minimum Gasteiger partial charge on any atom is -0.348 e. The smallest absolute Gasteiger partial charge is 0.320 e. The highest BCUT2D eigenvalue weighted by Crippen LogP contribution is 2.45. The van der Waals surface area contributed by atoms with Crippen LogP contribution in [0.3, 0.4) is 0 Å². The van der Waals surface area contributed by atoms with Crippen LogP contribution in [-0.2, 0) is 6.54 Å². The van der Waals surface area contributed by atoms with Crippen molar-refractivity contribution in [2.45, 2.75) is 12.6 Å². The lowest BCUT2D eigenvalue weighted by atomic mass is 9.89. The third-order valence-electron chi connectivity index (χ3n) is 5.49. The van der Waals surface area contributed by atoms with Gasteiger partial charge in [0.2, 0.25) is 0 Å². The molecule has 7 heteroatoms. The number of likely N-dealkylation sites (tertiary alicyclic amines) is 2. The first-order valence-electron chi connectivity index (χ1n) is 8.97. The van der Waals surface area contributed by atoms with E-state index in [-0.39, 0.29) is 17.9 Å². The summed E-state index contributed by atoms with van der Waals surface area (Å²) in [7, 11) is 3.53. The van der Waals surface area contributed by atoms with Gasteiger partial charge in [0.05, 0.1) is 12.6 Å². The Labute approximate surface area is 152 Å². The zero-order valence-electron chi connectivity index (χ0n) is 15.1. The molecule has 1 aromatic carbocycles. The SMILES string of the molecule is CN(C)C(=O)N1C[C@H]2CN(Cc3ncc[nH]3)C[C@H]2[C@@H]1c1cccc(F)c1. The minimum absolute atomic E-state index is 0.00811. The Balaban J connectivity index is 1.59. The maximum absolute atomic E-state index is 13.8. The lowest BCUT2D eigenvalue weighted by Gasteiger charge is -2.31. The molecule has 0 bridgehead atoms. The van der Waals surface area contributed by atoms with Crippen LogP contribution in [0.2, 0.25) is 0 Å². The van der Waals surface area contributed by atoms with Gasteiger partial charge < -0.3 is 14.8 Å². The molecule has 1 aromatic heterocycles. The summed E-state index contributed by atoms with van der Waals surface area (Å²) in [6.07, 6.45) is 3.60. The first kappa shape index (κ1) is 17.0. The maximum atomic E-state index is 13.8. The average molecular weight is 357 g/mol. The molecule has 2 aromatic rings. The molecule has 138 valence electrons. The van der Waals surface area contributed by atoms with E-state index in [1.165, 1.54) is 6.07 Å². The molecule has 0 spiro atoms. The number of halogens is 1. The number of rotatable bonds is 3. The lowest BCUT2D eigenvalue weighted by molar-refractivity contribution is 0.151. The van der Waals surface area contributed by atoms with Crippen molar-refractivity contribution >= 4 is 6.03 Å². The number of carbonyl (C=O) groups is 1. The Bertz CT molecular complexity index is 778. The van der Waals surface area contributed by atoms with E-state index in [0.29, 0.717) is 18.4 Å². The Morgan fingerprint density at radius 3 is 2.88 bits per heavy atom. The Morgan fingerprint density at radius 2 is 2.19 bits per heavy atom. The van der Waals surface area contributed by atoms with Gasteiger partial charge in [-0.25, -0.2) is 14.2 Å². The second kappa shape index (κ2) is 6.72. The number of hydrogen-bond acceptors (Lipinski definition) is 3. The van der Waals surface area contributed by atoms with Crippen LogP contribution in [0.1, 0.15) is 17.4 Å². The highest BCUT2D eigenvalue weighted by atomic mass is 19.1. The summed E-state index contributed by atoms with van der Waals surface area (Å²) < 4.78 is 13.8. The number of hydrogen-bond donors (Lipinski definition) is 1. The van der Waals surface area contributed by atoms with Crippen LogP contribution in [0.4, 0.5) is 9.18 Å². The van der Waals surface area contributed by atoms with Gasteiger partial charge in [0.25, 0.3) is 0 Å². The standard InChI is InChI=1S/C19H24FN5O/c1-23(2)19(26)25-10-14-9-24(12-17-21-6-7-22-17)11-16(14)18(25)13-4-3-5-15(20)8-13/h3-8,14,16,18H,9-12H2,1-2H3,(H,21,22)/t14-,16-,18+/m1/s1. The molecule has 2 amide bonds. The van der Waals surface area contributed by atoms with Gasteiger partial charge in [-0.3, -0.25) is 4.90 Å². The summed E-state index contributed by atoms with van der Waals surface area (Å²) in [5.74, 6) is 1.39. The number of amides is 2. The average Bonchev–Trinajstić information content (AvgIpc) is 3.30. The number of carbonyl (C=O) groups excluding carboxylic acids is 1. The van der Waals surface area contributed by atoms with Crippen LogP contribution >= 0.6 is 0 Å². The number of nitrogens with zero attached hydrogens (tertiary/aromatic N) is 4. The summed E-state index contributed by atoms with van der Waals surface area (Å²) in [5.41, 5.74) is 0.882. The molecule has 3 heterocycles. The summed E-state index contributed by atoms with van der Waals surface area (Å²) in [4.78, 5) is 26.1. The Hall–Kier alpha value is -2.41. The lowest BCUT2D eigenvalue weighted by Crippen LogP contribution is -2.41. The maximum Gasteiger partial charge on any atom is 0.320 e. The first-order chi connectivity index (χ1) is 12.5. The highest BCUT2D eigenvalue weighted by Gasteiger charge is 2.49. The molecule has 2 fully saturated rings. The summed E-state index contributed by atoms with van der Waals surface area (Å²) in [5, 5.41) is 0. The third-order valence-corrected chi connectivity index (χ3v) is 5.49. The molecule has 2 aliphatic heterocycles. The van der Waals surface area contributed by atoms with Gasteiger partial charge in [0.1, 0.15) is 11.6 Å². The number of nitrogens with one attached hydrogen (secondary N) is 1. The predicted octanol–water partition coefficient (Wildman–Crippen LogP) is 2.34. The van der Waals surface area contributed by atoms with Crippen LogP contribution in [0.5, 0.6) is 0 Å². The normalized spacial score (nSPS) is 25.5. The molecular formula is C19H24FN5O. The quantitative estimate of drug-likeness (QED) is 0.917. The fourth-order valence-electron chi connectivity index (χ4n) is 4.43. The molecule has 2 aliphatic rings. The van der Waals surface area contributed by atoms with E-state index in [9.17, 15) is 9.18 Å². The van der Waals surface area contributed by atoms with Crippen molar-refractivity contribution in [3.8, 4) is 0 Å². The number of aromatic amines is 1. The number of aromatic nitrogens is 2. The number of H-pyrrole nitrogens is 1. The van der Waals surface area contributed by atoms with E-state index in [4.69, 9.17) is 0 Å². The van der Waals surface area contributed by atoms with Crippen molar-refractivity contribution in [1.82, 2.24) is 24.7 Å². The summed E-state index contributed by atoms with van der Waals surface area (Å²) >= 11 is 0. The molecule has 26 heavy (non-hydrogen) atoms. The van der Waals surface area contributed by atoms with E-state index in [1.807, 2.05) is 17.2 Å². The van der Waals surface area contributed by atoms with Crippen LogP contribution in [0.15, 0.2) is 36.7 Å². The zero-order valence-corrected chi connectivity index (χ0v) is 15.1. The molecule has 2 saturated heterocycles. The molecule has 3 atom stereocenters. The van der Waals surface area contributed by atoms with E-state index in [0.717, 1.165) is 31.0 Å². The van der Waals surface area contributed by atoms with Crippen molar-refractivity contribution in [1.29, 1.82) is 0 Å². The van der Waals surface area contributed by atoms with E-state index in [1.54, 1.807) is 37.3 Å². The summed E-state index contributed by atoms with van der Waals surface area (Å²) in [6, 6.07) is 6.58. The van der Waals surface area contributed by atoms with Crippen molar-refractivity contribution in [2.24, 2.45) is 11.8 Å². The van der Waals surface area contributed by atoms with Gasteiger partial charge in [-0.05, 0) is 23.6 Å². The topological polar surface area (TPSA) is 55.5 Å². The molecule has 6 nitrogen and oxygen atoms in total. The molecule has 0 radical (unpaired) electrons. The van der Waals surface area contributed by atoms with E-state index in [2.05, 4.69) is 14.9 Å². The highest BCUT2D eigenvalue weighted by molar-refractivity contribution is 5.75. The van der Waals surface area contributed by atoms with Gasteiger partial charge in [-0.1, -0.05) is 12.1 Å². The van der Waals surface area contributed by atoms with Crippen molar-refractivity contribution in [2.75, 3.05) is 33.7 Å². The second-order valence-corrected chi connectivity index (χ2v) is 7.48. The summed E-state index contributed by atoms with van der Waals surface area (Å²) in [6.45, 7) is 3.28. The number of imidazole rings is 1. The van der Waals surface area contributed by atoms with Gasteiger partial charge in [-0.2, -0.15) is 0 Å². The first-order valence-corrected chi connectivity index (χ1v) is 8.97. The number of urea groups is 1. The van der Waals surface area contributed by atoms with Crippen molar-refractivity contribution in [3.63, 3.8) is 0 Å². The Kier molecular flexibility index (Phi) is 4.40. The predicted molar refractivity (Wildman–Crippen MR) is 95.8 cm³/mol. The number of fused-ring (bicyclic) bond motifs is 1. The van der Waals surface area contributed by atoms with Crippen LogP contribution in [0.25, 0.3) is 0 Å². The molecular weight excluding hydrogens is 333 g/mol. The molecule has 4 rings (SSSR count). The number of benzene rings is 1. The van der Waals surface area contributed by atoms with E-state index >= 15 is 0 Å². The fourth-order valence-corrected chi connectivity index (χ4v) is 4.43. The Morgan fingerprint density at radius 1 is 1.35 bits per heavy atom. The van der Waals surface area contributed by atoms with Gasteiger partial charge in [0, 0.05) is 52.0 Å². The van der Waals surface area contributed by atoms with Crippen LogP contribution in [-0.4, -0.2) is 64.4 Å². The molecule has 0 aliphatic carbocycles. The van der Waals surface area contributed by atoms with E-state index < -0.39 is 0 Å². The molecule has 0 unspecified atom stereocenters. The van der Waals surface area contributed by atoms with Crippen LogP contribution in [0, 0.1) is 17.7 Å². The third kappa shape index (κ3) is 3.07. The zero-order chi connectivity index (χ0) is 18.3. The van der Waals surface area contributed by atoms with Crippen molar-refractivity contribution < 1.29 is 9.18 Å². The second-order valence-electron chi connectivity index (χ2n) is 7.48. The van der Waals surface area contributed by atoms with Crippen molar-refractivity contribution in [3.05, 3.63) is 53.9 Å². The fraction of sp³-hybridized carbons (Fsp3) is 0.474. The monoisotopic (exact) mass is 357 g/mol. The molecule has 1 N–H and O–H groups in total. The van der Waals surface area contributed by atoms with Gasteiger partial charge in [-0.15, -0.1) is 0 Å². The van der Waals surface area contributed by atoms with Crippen LogP contribution < -0.4 is 0 Å². The largest absolute Gasteiger partial charge is 0.348 e. The van der Waals surface area contributed by atoms with Gasteiger partial charge in [0.15, 0.2) is 0 Å². The van der Waals surface area contributed by atoms with Gasteiger partial charge >= 0.3 is 6.03 Å².